The summed E-state index contributed by atoms with van der Waals surface area (Å²) in [5, 5.41) is 15.5. The minimum atomic E-state index is -1.12. The molecular formula is C14H26N2O3. The van der Waals surface area contributed by atoms with Crippen molar-refractivity contribution in [2.45, 2.75) is 58.4 Å². The first-order valence-corrected chi connectivity index (χ1v) is 7.23. The maximum Gasteiger partial charge on any atom is 0.329 e. The van der Waals surface area contributed by atoms with Crippen LogP contribution in [0.15, 0.2) is 0 Å². The Morgan fingerprint density at radius 3 is 2.11 bits per heavy atom. The standard InChI is InChI=1S/C14H26N2O3/c1-4-13(7-9-15-10-8-13)11(17)16-14(5-2,6-3)12(18)19/h15H,4-10H2,1-3H3,(H,16,17)(H,18,19). The molecule has 0 unspecified atom stereocenters. The van der Waals surface area contributed by atoms with Crippen LogP contribution in [0, 0.1) is 5.41 Å². The van der Waals surface area contributed by atoms with Crippen molar-refractivity contribution >= 4 is 11.9 Å². The third-order valence-corrected chi connectivity index (χ3v) is 4.69. The lowest BCUT2D eigenvalue weighted by molar-refractivity contribution is -0.150. The second-order valence-corrected chi connectivity index (χ2v) is 5.43. The van der Waals surface area contributed by atoms with Crippen LogP contribution in [0.25, 0.3) is 0 Å². The van der Waals surface area contributed by atoms with Gasteiger partial charge < -0.3 is 15.7 Å². The van der Waals surface area contributed by atoms with E-state index < -0.39 is 16.9 Å². The van der Waals surface area contributed by atoms with Crippen molar-refractivity contribution < 1.29 is 14.7 Å². The van der Waals surface area contributed by atoms with Gasteiger partial charge in [0.05, 0.1) is 5.41 Å². The van der Waals surface area contributed by atoms with E-state index >= 15 is 0 Å². The number of hydrogen-bond acceptors (Lipinski definition) is 3. The molecule has 1 fully saturated rings. The molecule has 1 amide bonds. The summed E-state index contributed by atoms with van der Waals surface area (Å²) in [6.45, 7) is 7.25. The molecule has 5 heteroatoms. The SMILES string of the molecule is CCC1(C(=O)NC(CC)(CC)C(=O)O)CCNCC1. The number of amides is 1. The van der Waals surface area contributed by atoms with Crippen molar-refractivity contribution in [3.8, 4) is 0 Å². The molecule has 1 saturated heterocycles. The van der Waals surface area contributed by atoms with Gasteiger partial charge in [0.1, 0.15) is 5.54 Å². The number of carboxylic acid groups (broad SMARTS) is 1. The Labute approximate surface area is 115 Å². The van der Waals surface area contributed by atoms with Crippen molar-refractivity contribution in [1.29, 1.82) is 0 Å². The molecule has 110 valence electrons. The maximum absolute atomic E-state index is 12.6. The summed E-state index contributed by atoms with van der Waals surface area (Å²) in [6.07, 6.45) is 3.12. The molecular weight excluding hydrogens is 244 g/mol. The third-order valence-electron chi connectivity index (χ3n) is 4.69. The number of aliphatic carboxylic acids is 1. The minimum absolute atomic E-state index is 0.0948. The smallest absolute Gasteiger partial charge is 0.329 e. The summed E-state index contributed by atoms with van der Waals surface area (Å²) in [7, 11) is 0. The zero-order valence-corrected chi connectivity index (χ0v) is 12.2. The van der Waals surface area contributed by atoms with Gasteiger partial charge in [-0.05, 0) is 45.2 Å². The highest BCUT2D eigenvalue weighted by molar-refractivity contribution is 5.90. The molecule has 0 saturated carbocycles. The van der Waals surface area contributed by atoms with Crippen molar-refractivity contribution in [2.75, 3.05) is 13.1 Å². The van der Waals surface area contributed by atoms with Crippen LogP contribution in [0.4, 0.5) is 0 Å². The van der Waals surface area contributed by atoms with Gasteiger partial charge in [-0.2, -0.15) is 0 Å². The van der Waals surface area contributed by atoms with Gasteiger partial charge in [0.15, 0.2) is 0 Å². The normalized spacial score (nSPS) is 18.9. The molecule has 1 aliphatic heterocycles. The Kier molecular flexibility index (Phi) is 5.35. The first-order valence-electron chi connectivity index (χ1n) is 7.23. The van der Waals surface area contributed by atoms with Gasteiger partial charge in [-0.25, -0.2) is 4.79 Å². The van der Waals surface area contributed by atoms with E-state index in [1.54, 1.807) is 13.8 Å². The number of carbonyl (C=O) groups is 2. The number of hydrogen-bond donors (Lipinski definition) is 3. The van der Waals surface area contributed by atoms with E-state index in [2.05, 4.69) is 10.6 Å². The van der Waals surface area contributed by atoms with E-state index in [-0.39, 0.29) is 5.91 Å². The molecule has 0 aliphatic carbocycles. The molecule has 0 spiro atoms. The van der Waals surface area contributed by atoms with Crippen LogP contribution in [0.3, 0.4) is 0 Å². The molecule has 5 nitrogen and oxygen atoms in total. The number of carbonyl (C=O) groups excluding carboxylic acids is 1. The Hall–Kier alpha value is -1.10. The first kappa shape index (κ1) is 16.0. The van der Waals surface area contributed by atoms with Gasteiger partial charge in [0.2, 0.25) is 5.91 Å². The number of rotatable bonds is 6. The minimum Gasteiger partial charge on any atom is -0.480 e. The van der Waals surface area contributed by atoms with Crippen molar-refractivity contribution in [3.63, 3.8) is 0 Å². The number of piperidine rings is 1. The van der Waals surface area contributed by atoms with E-state index in [4.69, 9.17) is 0 Å². The second kappa shape index (κ2) is 6.37. The van der Waals surface area contributed by atoms with Crippen LogP contribution < -0.4 is 10.6 Å². The van der Waals surface area contributed by atoms with E-state index in [0.29, 0.717) is 12.8 Å². The molecule has 19 heavy (non-hydrogen) atoms. The van der Waals surface area contributed by atoms with Gasteiger partial charge in [-0.1, -0.05) is 20.8 Å². The van der Waals surface area contributed by atoms with Gasteiger partial charge in [0.25, 0.3) is 0 Å². The van der Waals surface area contributed by atoms with E-state index in [1.807, 2.05) is 6.92 Å². The molecule has 1 rings (SSSR count). The predicted octanol–water partition coefficient (Wildman–Crippen LogP) is 1.53. The van der Waals surface area contributed by atoms with Crippen LogP contribution in [-0.4, -0.2) is 35.6 Å². The summed E-state index contributed by atoms with van der Waals surface area (Å²) in [5.41, 5.74) is -1.53. The highest BCUT2D eigenvalue weighted by atomic mass is 16.4. The largest absolute Gasteiger partial charge is 0.480 e. The van der Waals surface area contributed by atoms with Crippen LogP contribution in [0.1, 0.15) is 52.9 Å². The molecule has 0 radical (unpaired) electrons. The lowest BCUT2D eigenvalue weighted by atomic mass is 9.75. The lowest BCUT2D eigenvalue weighted by Gasteiger charge is -2.39. The molecule has 1 heterocycles. The monoisotopic (exact) mass is 270 g/mol. The quantitative estimate of drug-likeness (QED) is 0.684. The van der Waals surface area contributed by atoms with E-state index in [1.165, 1.54) is 0 Å². The molecule has 0 aromatic carbocycles. The lowest BCUT2D eigenvalue weighted by Crippen LogP contribution is -2.59. The molecule has 0 bridgehead atoms. The third kappa shape index (κ3) is 3.08. The molecule has 0 aromatic rings. The summed E-state index contributed by atoms with van der Waals surface area (Å²) >= 11 is 0. The van der Waals surface area contributed by atoms with Crippen molar-refractivity contribution in [1.82, 2.24) is 10.6 Å². The van der Waals surface area contributed by atoms with Gasteiger partial charge in [-0.15, -0.1) is 0 Å². The molecule has 0 atom stereocenters. The van der Waals surface area contributed by atoms with Gasteiger partial charge in [0, 0.05) is 0 Å². The second-order valence-electron chi connectivity index (χ2n) is 5.43. The fourth-order valence-corrected chi connectivity index (χ4v) is 2.78. The highest BCUT2D eigenvalue weighted by Crippen LogP contribution is 2.34. The van der Waals surface area contributed by atoms with Crippen LogP contribution in [0.2, 0.25) is 0 Å². The zero-order chi connectivity index (χ0) is 14.5. The van der Waals surface area contributed by atoms with E-state index in [0.717, 1.165) is 32.4 Å². The highest BCUT2D eigenvalue weighted by Gasteiger charge is 2.44. The van der Waals surface area contributed by atoms with Gasteiger partial charge in [-0.3, -0.25) is 4.79 Å². The summed E-state index contributed by atoms with van der Waals surface area (Å²) in [4.78, 5) is 24.1. The fraction of sp³-hybridized carbons (Fsp3) is 0.857. The Morgan fingerprint density at radius 1 is 1.21 bits per heavy atom. The topological polar surface area (TPSA) is 78.4 Å². The van der Waals surface area contributed by atoms with E-state index in [9.17, 15) is 14.7 Å². The number of carboxylic acids is 1. The predicted molar refractivity (Wildman–Crippen MR) is 73.9 cm³/mol. The van der Waals surface area contributed by atoms with Crippen LogP contribution >= 0.6 is 0 Å². The number of nitrogens with one attached hydrogen (secondary N) is 2. The summed E-state index contributed by atoms with van der Waals surface area (Å²) in [6, 6.07) is 0. The van der Waals surface area contributed by atoms with Crippen LogP contribution in [0.5, 0.6) is 0 Å². The van der Waals surface area contributed by atoms with Crippen molar-refractivity contribution in [3.05, 3.63) is 0 Å². The molecule has 1 aliphatic rings. The van der Waals surface area contributed by atoms with Crippen LogP contribution in [-0.2, 0) is 9.59 Å². The molecule has 3 N–H and O–H groups in total. The zero-order valence-electron chi connectivity index (χ0n) is 12.2. The maximum atomic E-state index is 12.6. The first-order chi connectivity index (χ1) is 8.96. The summed E-state index contributed by atoms with van der Waals surface area (Å²) < 4.78 is 0. The van der Waals surface area contributed by atoms with Crippen molar-refractivity contribution in [2.24, 2.45) is 5.41 Å². The average molecular weight is 270 g/mol. The van der Waals surface area contributed by atoms with Gasteiger partial charge >= 0.3 is 5.97 Å². The summed E-state index contributed by atoms with van der Waals surface area (Å²) in [5.74, 6) is -1.03. The Morgan fingerprint density at radius 2 is 1.74 bits per heavy atom. The molecule has 0 aromatic heterocycles. The average Bonchev–Trinajstić information content (AvgIpc) is 2.44. The Balaban J connectivity index is 2.89. The fourth-order valence-electron chi connectivity index (χ4n) is 2.78. The Bertz CT molecular complexity index is 332.